The largest absolute Gasteiger partial charge is 0.456 e. The molecule has 1 aliphatic rings. The van der Waals surface area contributed by atoms with E-state index < -0.39 is 5.41 Å². The van der Waals surface area contributed by atoms with Crippen molar-refractivity contribution < 1.29 is 8.83 Å². The van der Waals surface area contributed by atoms with Gasteiger partial charge in [0.25, 0.3) is 0 Å². The van der Waals surface area contributed by atoms with Crippen LogP contribution in [0.1, 0.15) is 30.5 Å². The molecular formula is C48H31N3O2. The Kier molecular flexibility index (Phi) is 6.38. The summed E-state index contributed by atoms with van der Waals surface area (Å²) in [5.41, 5.74) is 7.17. The maximum Gasteiger partial charge on any atom is 0.163 e. The van der Waals surface area contributed by atoms with Crippen molar-refractivity contribution in [1.29, 1.82) is 0 Å². The van der Waals surface area contributed by atoms with Crippen LogP contribution >= 0.6 is 0 Å². The number of hydrogen-bond acceptors (Lipinski definition) is 5. The summed E-state index contributed by atoms with van der Waals surface area (Å²) in [6, 6.07) is 50.8. The smallest absolute Gasteiger partial charge is 0.163 e. The molecule has 0 N–H and O–H groups in total. The van der Waals surface area contributed by atoms with Crippen molar-refractivity contribution in [1.82, 2.24) is 15.0 Å². The topological polar surface area (TPSA) is 65.0 Å². The molecule has 1 unspecified atom stereocenters. The minimum Gasteiger partial charge on any atom is -0.456 e. The first-order valence-electron chi connectivity index (χ1n) is 18.0. The van der Waals surface area contributed by atoms with Gasteiger partial charge < -0.3 is 8.83 Å². The van der Waals surface area contributed by atoms with Gasteiger partial charge in [-0.2, -0.15) is 0 Å². The van der Waals surface area contributed by atoms with Gasteiger partial charge in [0.05, 0.1) is 5.41 Å². The second-order valence-corrected chi connectivity index (χ2v) is 14.2. The van der Waals surface area contributed by atoms with Gasteiger partial charge in [0.1, 0.15) is 28.3 Å². The van der Waals surface area contributed by atoms with E-state index in [1.165, 1.54) is 21.5 Å². The molecule has 53 heavy (non-hydrogen) atoms. The van der Waals surface area contributed by atoms with Gasteiger partial charge in [-0.3, -0.25) is 0 Å². The van der Waals surface area contributed by atoms with E-state index in [0.717, 1.165) is 66.5 Å². The number of para-hydroxylation sites is 1. The van der Waals surface area contributed by atoms with E-state index in [0.29, 0.717) is 23.9 Å². The van der Waals surface area contributed by atoms with Crippen molar-refractivity contribution in [3.63, 3.8) is 0 Å². The van der Waals surface area contributed by atoms with E-state index in [1.807, 2.05) is 48.5 Å². The number of fused-ring (bicyclic) bond motifs is 9. The molecule has 0 spiro atoms. The van der Waals surface area contributed by atoms with Crippen molar-refractivity contribution in [3.8, 4) is 33.9 Å². The van der Waals surface area contributed by atoms with Crippen LogP contribution in [0.15, 0.2) is 161 Å². The Morgan fingerprint density at radius 1 is 0.472 bits per heavy atom. The third-order valence-electron chi connectivity index (χ3n) is 10.9. The number of nitrogens with zero attached hydrogens (tertiary/aromatic N) is 3. The molecule has 0 amide bonds. The molecule has 5 nitrogen and oxygen atoms in total. The van der Waals surface area contributed by atoms with Crippen LogP contribution < -0.4 is 0 Å². The zero-order valence-electron chi connectivity index (χ0n) is 28.9. The highest BCUT2D eigenvalue weighted by Gasteiger charge is 2.39. The summed E-state index contributed by atoms with van der Waals surface area (Å²) in [6.45, 7) is 2.24. The first-order valence-corrected chi connectivity index (χ1v) is 18.0. The fourth-order valence-electron chi connectivity index (χ4n) is 8.20. The maximum atomic E-state index is 6.57. The van der Waals surface area contributed by atoms with Crippen LogP contribution in [-0.2, 0) is 5.41 Å². The monoisotopic (exact) mass is 681 g/mol. The molecule has 1 atom stereocenters. The van der Waals surface area contributed by atoms with Gasteiger partial charge in [-0.1, -0.05) is 109 Å². The highest BCUT2D eigenvalue weighted by Crippen LogP contribution is 2.47. The molecule has 3 heterocycles. The molecule has 0 bridgehead atoms. The highest BCUT2D eigenvalue weighted by molar-refractivity contribution is 6.09. The van der Waals surface area contributed by atoms with Crippen LogP contribution in [0, 0.1) is 0 Å². The summed E-state index contributed by atoms with van der Waals surface area (Å²) in [5.74, 6) is 2.80. The second-order valence-electron chi connectivity index (χ2n) is 14.2. The lowest BCUT2D eigenvalue weighted by Crippen LogP contribution is -2.29. The Bertz CT molecular complexity index is 3120. The van der Waals surface area contributed by atoms with Gasteiger partial charge in [0, 0.05) is 32.8 Å². The number of allylic oxidation sites excluding steroid dienone is 1. The van der Waals surface area contributed by atoms with Crippen LogP contribution in [-0.4, -0.2) is 15.0 Å². The Labute approximate surface area is 304 Å². The molecule has 11 rings (SSSR count). The van der Waals surface area contributed by atoms with Crippen LogP contribution in [0.4, 0.5) is 0 Å². The van der Waals surface area contributed by atoms with Gasteiger partial charge in [0.15, 0.2) is 11.6 Å². The highest BCUT2D eigenvalue weighted by atomic mass is 16.3. The van der Waals surface area contributed by atoms with Gasteiger partial charge in [-0.15, -0.1) is 0 Å². The molecular weight excluding hydrogens is 651 g/mol. The summed E-state index contributed by atoms with van der Waals surface area (Å²) >= 11 is 0. The van der Waals surface area contributed by atoms with Gasteiger partial charge >= 0.3 is 0 Å². The van der Waals surface area contributed by atoms with Crippen LogP contribution in [0.2, 0.25) is 0 Å². The summed E-state index contributed by atoms with van der Waals surface area (Å²) < 4.78 is 12.7. The van der Waals surface area contributed by atoms with E-state index in [4.69, 9.17) is 23.8 Å². The van der Waals surface area contributed by atoms with Gasteiger partial charge in [-0.05, 0) is 94.6 Å². The average molecular weight is 682 g/mol. The SMILES string of the molecule is CC1(c2nc(-c3ccccc3)nc(-c3ccc4oc5ccccc5c4c3)n2)CC=Cc2oc3ccc(-c4ccc5ccc6ccccc6c5c4)cc3c21. The zero-order valence-corrected chi connectivity index (χ0v) is 28.9. The zero-order chi connectivity index (χ0) is 35.1. The normalized spacial score (nSPS) is 15.6. The Morgan fingerprint density at radius 2 is 1.08 bits per heavy atom. The fraction of sp³-hybridized carbons (Fsp3) is 0.0625. The van der Waals surface area contributed by atoms with Crippen LogP contribution in [0.3, 0.4) is 0 Å². The molecule has 10 aromatic rings. The van der Waals surface area contributed by atoms with E-state index in [9.17, 15) is 0 Å². The molecule has 0 aliphatic heterocycles. The Morgan fingerprint density at radius 3 is 1.92 bits per heavy atom. The lowest BCUT2D eigenvalue weighted by molar-refractivity contribution is 0.509. The lowest BCUT2D eigenvalue weighted by atomic mass is 9.74. The predicted octanol–water partition coefficient (Wildman–Crippen LogP) is 12.5. The lowest BCUT2D eigenvalue weighted by Gasteiger charge is -2.30. The minimum absolute atomic E-state index is 0.596. The number of benzene rings is 7. The molecule has 5 heteroatoms. The molecule has 0 radical (unpaired) electrons. The van der Waals surface area contributed by atoms with Crippen molar-refractivity contribution >= 4 is 60.5 Å². The van der Waals surface area contributed by atoms with E-state index in [-0.39, 0.29) is 0 Å². The average Bonchev–Trinajstić information content (AvgIpc) is 3.79. The van der Waals surface area contributed by atoms with E-state index >= 15 is 0 Å². The first-order chi connectivity index (χ1) is 26.1. The van der Waals surface area contributed by atoms with Crippen LogP contribution in [0.25, 0.3) is 94.4 Å². The molecule has 0 saturated heterocycles. The Hall–Kier alpha value is -6.85. The summed E-state index contributed by atoms with van der Waals surface area (Å²) in [4.78, 5) is 15.6. The van der Waals surface area contributed by atoms with Crippen molar-refractivity contribution in [2.45, 2.75) is 18.8 Å². The number of hydrogen-bond donors (Lipinski definition) is 0. The standard InChI is InChI=1S/C48H31N3O2/c1-48(47-50-45(31-11-3-2-4-12-31)49-46(51-47)34-22-24-41-38(28-34)36-14-7-8-15-40(36)52-41)25-9-16-43-44(48)39-27-33(21-23-42(39)53-43)32-20-19-30-18-17-29-10-5-6-13-35(29)37(30)26-32/h2-24,26-28H,25H2,1H3. The summed E-state index contributed by atoms with van der Waals surface area (Å²) in [5, 5.41) is 8.14. The van der Waals surface area contributed by atoms with Crippen molar-refractivity contribution in [2.24, 2.45) is 0 Å². The first kappa shape index (κ1) is 29.8. The quantitative estimate of drug-likeness (QED) is 0.173. The summed E-state index contributed by atoms with van der Waals surface area (Å²) in [6.07, 6.45) is 4.98. The fourth-order valence-corrected chi connectivity index (χ4v) is 8.20. The van der Waals surface area contributed by atoms with Crippen LogP contribution in [0.5, 0.6) is 0 Å². The van der Waals surface area contributed by atoms with E-state index in [1.54, 1.807) is 0 Å². The van der Waals surface area contributed by atoms with E-state index in [2.05, 4.69) is 116 Å². The maximum absolute atomic E-state index is 6.57. The molecule has 250 valence electrons. The van der Waals surface area contributed by atoms with Gasteiger partial charge in [-0.25, -0.2) is 15.0 Å². The molecule has 0 saturated carbocycles. The summed E-state index contributed by atoms with van der Waals surface area (Å²) in [7, 11) is 0. The molecule has 3 aromatic heterocycles. The minimum atomic E-state index is -0.596. The molecule has 7 aromatic carbocycles. The van der Waals surface area contributed by atoms with Crippen molar-refractivity contribution in [3.05, 3.63) is 169 Å². The third-order valence-corrected chi connectivity index (χ3v) is 10.9. The molecule has 0 fully saturated rings. The predicted molar refractivity (Wildman–Crippen MR) is 215 cm³/mol. The molecule has 1 aliphatic carbocycles. The third kappa shape index (κ3) is 4.67. The van der Waals surface area contributed by atoms with Gasteiger partial charge in [0.2, 0.25) is 0 Å². The Balaban J connectivity index is 1.10. The van der Waals surface area contributed by atoms with Crippen molar-refractivity contribution in [2.75, 3.05) is 0 Å². The second kappa shape index (κ2) is 11.3. The number of rotatable bonds is 4. The number of aromatic nitrogens is 3. The number of furan rings is 2.